The summed E-state index contributed by atoms with van der Waals surface area (Å²) in [7, 11) is 1.90. The third-order valence-electron chi connectivity index (χ3n) is 3.84. The minimum atomic E-state index is -0.818. The number of para-hydroxylation sites is 1. The summed E-state index contributed by atoms with van der Waals surface area (Å²) in [5.74, 6) is -1.43. The molecule has 2 aromatic carbocycles. The molecule has 0 unspecified atom stereocenters. The van der Waals surface area contributed by atoms with Crippen molar-refractivity contribution in [2.24, 2.45) is 7.05 Å². The molecule has 0 N–H and O–H groups in total. The molecule has 0 aliphatic carbocycles. The topological polar surface area (TPSA) is 48.3 Å². The fourth-order valence-corrected chi connectivity index (χ4v) is 2.86. The number of ketones is 1. The second-order valence-corrected chi connectivity index (χ2v) is 5.22. The fourth-order valence-electron chi connectivity index (χ4n) is 2.86. The molecule has 0 saturated carbocycles. The van der Waals surface area contributed by atoms with Gasteiger partial charge in [-0.15, -0.1) is 0 Å². The lowest BCUT2D eigenvalue weighted by molar-refractivity contribution is -0.137. The lowest BCUT2D eigenvalue weighted by Gasteiger charge is -2.07. The van der Waals surface area contributed by atoms with Gasteiger partial charge in [-0.25, -0.2) is 4.79 Å². The lowest BCUT2D eigenvalue weighted by Crippen LogP contribution is -2.18. The average Bonchev–Trinajstić information content (AvgIpc) is 2.88. The summed E-state index contributed by atoms with van der Waals surface area (Å²) in [6.07, 6.45) is 0. The molecule has 3 aromatic rings. The lowest BCUT2D eigenvalue weighted by atomic mass is 10.0. The van der Waals surface area contributed by atoms with Crippen LogP contribution in [0, 0.1) is 0 Å². The van der Waals surface area contributed by atoms with Gasteiger partial charge in [0.2, 0.25) is 0 Å². The highest BCUT2D eigenvalue weighted by Gasteiger charge is 2.27. The van der Waals surface area contributed by atoms with Gasteiger partial charge in [0.1, 0.15) is 0 Å². The number of aromatic nitrogens is 1. The van der Waals surface area contributed by atoms with Crippen molar-refractivity contribution in [3.8, 4) is 11.3 Å². The maximum absolute atomic E-state index is 12.7. The molecular weight excluding hydrogens is 290 g/mol. The summed E-state index contributed by atoms with van der Waals surface area (Å²) in [4.78, 5) is 24.7. The number of carbonyl (C=O) groups excluding carboxylic acids is 2. The van der Waals surface area contributed by atoms with Crippen LogP contribution < -0.4 is 0 Å². The van der Waals surface area contributed by atoms with Crippen molar-refractivity contribution in [2.75, 3.05) is 6.61 Å². The molecule has 23 heavy (non-hydrogen) atoms. The number of ether oxygens (including phenoxy) is 1. The summed E-state index contributed by atoms with van der Waals surface area (Å²) < 4.78 is 6.85. The second kappa shape index (κ2) is 6.08. The smallest absolute Gasteiger partial charge is 0.379 e. The van der Waals surface area contributed by atoms with Crippen LogP contribution >= 0.6 is 0 Å². The van der Waals surface area contributed by atoms with E-state index in [4.69, 9.17) is 4.74 Å². The van der Waals surface area contributed by atoms with E-state index in [1.165, 1.54) is 0 Å². The summed E-state index contributed by atoms with van der Waals surface area (Å²) >= 11 is 0. The van der Waals surface area contributed by atoms with E-state index in [0.717, 1.165) is 22.2 Å². The van der Waals surface area contributed by atoms with E-state index in [2.05, 4.69) is 0 Å². The largest absolute Gasteiger partial charge is 0.460 e. The number of esters is 1. The Balaban J connectivity index is 2.30. The van der Waals surface area contributed by atoms with E-state index in [0.29, 0.717) is 5.56 Å². The van der Waals surface area contributed by atoms with Crippen molar-refractivity contribution in [2.45, 2.75) is 6.92 Å². The van der Waals surface area contributed by atoms with Crippen LogP contribution in [0.4, 0.5) is 0 Å². The first-order valence-corrected chi connectivity index (χ1v) is 7.49. The first-order chi connectivity index (χ1) is 11.1. The Hall–Kier alpha value is -2.88. The van der Waals surface area contributed by atoms with Gasteiger partial charge < -0.3 is 9.30 Å². The number of hydrogen-bond acceptors (Lipinski definition) is 3. The van der Waals surface area contributed by atoms with Gasteiger partial charge in [-0.05, 0) is 18.6 Å². The minimum Gasteiger partial charge on any atom is -0.460 e. The molecule has 0 spiro atoms. The van der Waals surface area contributed by atoms with Crippen molar-refractivity contribution in [3.63, 3.8) is 0 Å². The molecule has 4 heteroatoms. The Morgan fingerprint density at radius 1 is 1.00 bits per heavy atom. The standard InChI is InChI=1S/C19H17NO3/c1-3-23-19(22)18(21)16-14-11-7-8-12-15(14)20(2)17(16)13-9-5-4-6-10-13/h4-12H,3H2,1-2H3. The Morgan fingerprint density at radius 2 is 1.65 bits per heavy atom. The van der Waals surface area contributed by atoms with Gasteiger partial charge in [0, 0.05) is 18.0 Å². The Morgan fingerprint density at radius 3 is 2.35 bits per heavy atom. The molecule has 0 bridgehead atoms. The monoisotopic (exact) mass is 307 g/mol. The molecule has 0 aliphatic rings. The number of nitrogens with zero attached hydrogens (tertiary/aromatic N) is 1. The van der Waals surface area contributed by atoms with Gasteiger partial charge in [0.05, 0.1) is 17.9 Å². The predicted octanol–water partition coefficient (Wildman–Crippen LogP) is 3.59. The molecule has 0 aliphatic heterocycles. The summed E-state index contributed by atoms with van der Waals surface area (Å²) in [5.41, 5.74) is 2.91. The van der Waals surface area contributed by atoms with Gasteiger partial charge in [0.15, 0.2) is 0 Å². The first kappa shape index (κ1) is 15.0. The van der Waals surface area contributed by atoms with Crippen molar-refractivity contribution < 1.29 is 14.3 Å². The van der Waals surface area contributed by atoms with Crippen LogP contribution in [0.1, 0.15) is 17.3 Å². The van der Waals surface area contributed by atoms with E-state index < -0.39 is 11.8 Å². The van der Waals surface area contributed by atoms with Crippen LogP contribution in [0.15, 0.2) is 54.6 Å². The van der Waals surface area contributed by atoms with E-state index in [1.807, 2.05) is 66.2 Å². The summed E-state index contributed by atoms with van der Waals surface area (Å²) in [6.45, 7) is 1.86. The number of benzene rings is 2. The zero-order valence-corrected chi connectivity index (χ0v) is 13.1. The molecule has 3 rings (SSSR count). The highest BCUT2D eigenvalue weighted by Crippen LogP contribution is 2.33. The van der Waals surface area contributed by atoms with Crippen molar-refractivity contribution in [3.05, 3.63) is 60.2 Å². The maximum atomic E-state index is 12.7. The van der Waals surface area contributed by atoms with Gasteiger partial charge in [-0.1, -0.05) is 48.5 Å². The highest BCUT2D eigenvalue weighted by molar-refractivity contribution is 6.44. The van der Waals surface area contributed by atoms with Crippen LogP contribution in [-0.2, 0) is 16.6 Å². The quantitative estimate of drug-likeness (QED) is 0.420. The Kier molecular flexibility index (Phi) is 3.98. The molecule has 0 atom stereocenters. The van der Waals surface area contributed by atoms with Crippen molar-refractivity contribution >= 4 is 22.7 Å². The number of fused-ring (bicyclic) bond motifs is 1. The molecule has 4 nitrogen and oxygen atoms in total. The van der Waals surface area contributed by atoms with Crippen LogP contribution in [0.3, 0.4) is 0 Å². The van der Waals surface area contributed by atoms with E-state index >= 15 is 0 Å². The van der Waals surface area contributed by atoms with Gasteiger partial charge in [-0.2, -0.15) is 0 Å². The number of hydrogen-bond donors (Lipinski definition) is 0. The van der Waals surface area contributed by atoms with Gasteiger partial charge in [0.25, 0.3) is 5.78 Å². The molecule has 116 valence electrons. The van der Waals surface area contributed by atoms with Crippen LogP contribution in [0.2, 0.25) is 0 Å². The van der Waals surface area contributed by atoms with E-state index in [-0.39, 0.29) is 6.61 Å². The van der Waals surface area contributed by atoms with Crippen molar-refractivity contribution in [1.82, 2.24) is 4.57 Å². The molecule has 0 saturated heterocycles. The number of carbonyl (C=O) groups is 2. The summed E-state index contributed by atoms with van der Waals surface area (Å²) in [6, 6.07) is 17.1. The van der Waals surface area contributed by atoms with E-state index in [9.17, 15) is 9.59 Å². The SMILES string of the molecule is CCOC(=O)C(=O)c1c(-c2ccccc2)n(C)c2ccccc12. The fraction of sp³-hybridized carbons (Fsp3) is 0.158. The van der Waals surface area contributed by atoms with Gasteiger partial charge >= 0.3 is 5.97 Å². The van der Waals surface area contributed by atoms with Crippen LogP contribution in [0.5, 0.6) is 0 Å². The minimum absolute atomic E-state index is 0.177. The van der Waals surface area contributed by atoms with Gasteiger partial charge in [-0.3, -0.25) is 4.79 Å². The number of rotatable bonds is 4. The maximum Gasteiger partial charge on any atom is 0.379 e. The Bertz CT molecular complexity index is 878. The average molecular weight is 307 g/mol. The highest BCUT2D eigenvalue weighted by atomic mass is 16.5. The third kappa shape index (κ3) is 2.52. The number of Topliss-reactive ketones (excluding diaryl/α,β-unsaturated/α-hetero) is 1. The Labute approximate surface area is 134 Å². The normalized spacial score (nSPS) is 10.7. The molecule has 1 aromatic heterocycles. The van der Waals surface area contributed by atoms with Crippen LogP contribution in [-0.4, -0.2) is 22.9 Å². The van der Waals surface area contributed by atoms with Crippen LogP contribution in [0.25, 0.3) is 22.2 Å². The first-order valence-electron chi connectivity index (χ1n) is 7.49. The zero-order valence-electron chi connectivity index (χ0n) is 13.1. The third-order valence-corrected chi connectivity index (χ3v) is 3.84. The summed E-state index contributed by atoms with van der Waals surface area (Å²) in [5, 5.41) is 0.756. The predicted molar refractivity (Wildman–Crippen MR) is 89.3 cm³/mol. The second-order valence-electron chi connectivity index (χ2n) is 5.22. The molecule has 0 radical (unpaired) electrons. The molecule has 0 amide bonds. The molecular formula is C19H17NO3. The van der Waals surface area contributed by atoms with Crippen molar-refractivity contribution in [1.29, 1.82) is 0 Å². The number of aryl methyl sites for hydroxylation is 1. The van der Waals surface area contributed by atoms with E-state index in [1.54, 1.807) is 6.92 Å². The molecule has 1 heterocycles. The zero-order chi connectivity index (χ0) is 16.4. The molecule has 0 fully saturated rings.